The molecule has 11 heteroatoms. The number of carbonyl (C=O) groups is 1. The maximum atomic E-state index is 13.1. The summed E-state index contributed by atoms with van der Waals surface area (Å²) < 4.78 is 12.0. The SMILES string of the molecule is COc1cc(C(=O)Nc2cnc(C)n2-c2nc(-c3ccc(C)cc3)cs2)c([N+](=O)[O-])cc1OC. The molecule has 174 valence electrons. The molecule has 2 aromatic carbocycles. The Hall–Kier alpha value is -4.25. The lowest BCUT2D eigenvalue weighted by molar-refractivity contribution is -0.385. The van der Waals surface area contributed by atoms with Crippen molar-refractivity contribution in [2.45, 2.75) is 13.8 Å². The Bertz CT molecular complexity index is 1380. The van der Waals surface area contributed by atoms with Crippen LogP contribution in [0.4, 0.5) is 11.5 Å². The minimum Gasteiger partial charge on any atom is -0.493 e. The first-order chi connectivity index (χ1) is 16.3. The number of ether oxygens (including phenoxy) is 2. The number of benzene rings is 2. The topological polar surface area (TPSA) is 121 Å². The molecule has 0 aliphatic heterocycles. The van der Waals surface area contributed by atoms with Gasteiger partial charge in [0.15, 0.2) is 16.6 Å². The molecule has 0 saturated heterocycles. The van der Waals surface area contributed by atoms with Gasteiger partial charge in [-0.25, -0.2) is 9.97 Å². The molecule has 0 saturated carbocycles. The standard InChI is InChI=1S/C23H21N5O5S/c1-13-5-7-15(8-6-13)17-12-34-23(25-17)27-14(2)24-11-21(27)26-22(29)16-9-19(32-3)20(33-4)10-18(16)28(30)31/h5-12H,1-4H3,(H,26,29). The molecule has 1 N–H and O–H groups in total. The van der Waals surface area contributed by atoms with E-state index in [1.165, 1.54) is 37.8 Å². The van der Waals surface area contributed by atoms with Crippen LogP contribution in [0, 0.1) is 24.0 Å². The van der Waals surface area contributed by atoms with Gasteiger partial charge < -0.3 is 14.8 Å². The smallest absolute Gasteiger partial charge is 0.286 e. The molecule has 10 nitrogen and oxygen atoms in total. The van der Waals surface area contributed by atoms with E-state index < -0.39 is 16.5 Å². The van der Waals surface area contributed by atoms with Gasteiger partial charge in [-0.05, 0) is 13.8 Å². The molecule has 0 spiro atoms. The fourth-order valence-electron chi connectivity index (χ4n) is 3.38. The van der Waals surface area contributed by atoms with Gasteiger partial charge >= 0.3 is 0 Å². The van der Waals surface area contributed by atoms with E-state index in [0.29, 0.717) is 16.8 Å². The highest BCUT2D eigenvalue weighted by atomic mass is 32.1. The number of hydrogen-bond donors (Lipinski definition) is 1. The maximum absolute atomic E-state index is 13.1. The summed E-state index contributed by atoms with van der Waals surface area (Å²) >= 11 is 1.39. The Morgan fingerprint density at radius 3 is 2.44 bits per heavy atom. The molecule has 0 aliphatic carbocycles. The van der Waals surface area contributed by atoms with Gasteiger partial charge in [-0.3, -0.25) is 19.5 Å². The third-order valence-corrected chi connectivity index (χ3v) is 5.98. The number of nitrogens with one attached hydrogen (secondary N) is 1. The van der Waals surface area contributed by atoms with E-state index in [1.807, 2.05) is 36.6 Å². The average Bonchev–Trinajstić information content (AvgIpc) is 3.45. The summed E-state index contributed by atoms with van der Waals surface area (Å²) in [5.74, 6) is 0.589. The molecule has 2 aromatic heterocycles. The van der Waals surface area contributed by atoms with Gasteiger partial charge in [0.05, 0.1) is 37.1 Å². The number of carbonyl (C=O) groups excluding carboxylic acids is 1. The molecule has 0 bridgehead atoms. The highest BCUT2D eigenvalue weighted by molar-refractivity contribution is 7.12. The first-order valence-electron chi connectivity index (χ1n) is 10.1. The van der Waals surface area contributed by atoms with Gasteiger partial charge in [0.25, 0.3) is 11.6 Å². The van der Waals surface area contributed by atoms with Crippen LogP contribution in [0.3, 0.4) is 0 Å². The van der Waals surface area contributed by atoms with E-state index in [2.05, 4.69) is 10.3 Å². The summed E-state index contributed by atoms with van der Waals surface area (Å²) in [4.78, 5) is 33.0. The summed E-state index contributed by atoms with van der Waals surface area (Å²) in [6, 6.07) is 10.4. The summed E-state index contributed by atoms with van der Waals surface area (Å²) in [7, 11) is 2.75. The van der Waals surface area contributed by atoms with Crippen LogP contribution < -0.4 is 14.8 Å². The van der Waals surface area contributed by atoms with Crippen LogP contribution in [0.5, 0.6) is 11.5 Å². The maximum Gasteiger partial charge on any atom is 0.286 e. The number of amides is 1. The number of aryl methyl sites for hydroxylation is 2. The van der Waals surface area contributed by atoms with Gasteiger partial charge in [0, 0.05) is 17.0 Å². The number of nitro groups is 1. The highest BCUT2D eigenvalue weighted by Crippen LogP contribution is 2.35. The second-order valence-electron chi connectivity index (χ2n) is 7.34. The van der Waals surface area contributed by atoms with Crippen molar-refractivity contribution in [2.75, 3.05) is 19.5 Å². The van der Waals surface area contributed by atoms with E-state index in [-0.39, 0.29) is 17.1 Å². The third-order valence-electron chi connectivity index (χ3n) is 5.15. The number of anilines is 1. The zero-order valence-electron chi connectivity index (χ0n) is 18.9. The Morgan fingerprint density at radius 1 is 1.12 bits per heavy atom. The molecule has 0 atom stereocenters. The van der Waals surface area contributed by atoms with Crippen LogP contribution in [0.25, 0.3) is 16.4 Å². The molecule has 1 amide bonds. The molecule has 0 radical (unpaired) electrons. The minimum absolute atomic E-state index is 0.151. The predicted octanol–water partition coefficient (Wildman–Crippen LogP) is 4.79. The lowest BCUT2D eigenvalue weighted by atomic mass is 10.1. The van der Waals surface area contributed by atoms with E-state index in [4.69, 9.17) is 14.5 Å². The van der Waals surface area contributed by atoms with Crippen molar-refractivity contribution in [1.82, 2.24) is 14.5 Å². The van der Waals surface area contributed by atoms with Crippen LogP contribution in [-0.4, -0.2) is 39.6 Å². The predicted molar refractivity (Wildman–Crippen MR) is 128 cm³/mol. The Kier molecular flexibility index (Phi) is 6.28. The van der Waals surface area contributed by atoms with E-state index in [1.54, 1.807) is 11.5 Å². The van der Waals surface area contributed by atoms with Crippen molar-refractivity contribution < 1.29 is 19.2 Å². The van der Waals surface area contributed by atoms with E-state index in [0.717, 1.165) is 22.9 Å². The Labute approximate surface area is 199 Å². The summed E-state index contributed by atoms with van der Waals surface area (Å²) in [6.45, 7) is 3.80. The Morgan fingerprint density at radius 2 is 1.79 bits per heavy atom. The van der Waals surface area contributed by atoms with Gasteiger partial charge in [-0.15, -0.1) is 11.3 Å². The Balaban J connectivity index is 1.68. The number of aromatic nitrogens is 3. The fraction of sp³-hybridized carbons (Fsp3) is 0.174. The van der Waals surface area contributed by atoms with Crippen LogP contribution >= 0.6 is 11.3 Å². The van der Waals surface area contributed by atoms with Crippen LogP contribution in [0.2, 0.25) is 0 Å². The second kappa shape index (κ2) is 9.32. The number of thiazole rings is 1. The van der Waals surface area contributed by atoms with Crippen molar-refractivity contribution in [1.29, 1.82) is 0 Å². The quantitative estimate of drug-likeness (QED) is 0.299. The first kappa shape index (κ1) is 22.9. The van der Waals surface area contributed by atoms with Gasteiger partial charge in [0.1, 0.15) is 17.2 Å². The molecule has 0 aliphatic rings. The summed E-state index contributed by atoms with van der Waals surface area (Å²) in [5, 5.41) is 16.8. The van der Waals surface area contributed by atoms with Gasteiger partial charge in [0.2, 0.25) is 0 Å². The van der Waals surface area contributed by atoms with E-state index >= 15 is 0 Å². The monoisotopic (exact) mass is 479 g/mol. The summed E-state index contributed by atoms with van der Waals surface area (Å²) in [5.41, 5.74) is 2.33. The number of imidazole rings is 1. The van der Waals surface area contributed by atoms with Crippen LogP contribution in [-0.2, 0) is 0 Å². The molecule has 0 unspecified atom stereocenters. The number of methoxy groups -OCH3 is 2. The molecular formula is C23H21N5O5S. The molecular weight excluding hydrogens is 458 g/mol. The van der Waals surface area contributed by atoms with E-state index in [9.17, 15) is 14.9 Å². The number of hydrogen-bond acceptors (Lipinski definition) is 8. The zero-order chi connectivity index (χ0) is 24.4. The summed E-state index contributed by atoms with van der Waals surface area (Å²) in [6.07, 6.45) is 1.48. The van der Waals surface area contributed by atoms with Crippen molar-refractivity contribution in [3.05, 3.63) is 75.0 Å². The lowest BCUT2D eigenvalue weighted by Gasteiger charge is -2.12. The van der Waals surface area contributed by atoms with Crippen LogP contribution in [0.15, 0.2) is 48.0 Å². The molecule has 0 fully saturated rings. The van der Waals surface area contributed by atoms with Gasteiger partial charge in [-0.1, -0.05) is 29.8 Å². The van der Waals surface area contributed by atoms with Crippen molar-refractivity contribution >= 4 is 28.7 Å². The molecule has 34 heavy (non-hydrogen) atoms. The van der Waals surface area contributed by atoms with Crippen LogP contribution in [0.1, 0.15) is 21.7 Å². The lowest BCUT2D eigenvalue weighted by Crippen LogP contribution is -2.17. The third kappa shape index (κ3) is 4.33. The number of nitro benzene ring substituents is 1. The minimum atomic E-state index is -0.691. The molecule has 2 heterocycles. The first-order valence-corrected chi connectivity index (χ1v) is 11.0. The van der Waals surface area contributed by atoms with Crippen molar-refractivity contribution in [2.24, 2.45) is 0 Å². The zero-order valence-corrected chi connectivity index (χ0v) is 19.7. The van der Waals surface area contributed by atoms with Crippen molar-refractivity contribution in [3.63, 3.8) is 0 Å². The molecule has 4 rings (SSSR count). The van der Waals surface area contributed by atoms with Gasteiger partial charge in [-0.2, -0.15) is 0 Å². The highest BCUT2D eigenvalue weighted by Gasteiger charge is 2.26. The fourth-order valence-corrected chi connectivity index (χ4v) is 4.28. The second-order valence-corrected chi connectivity index (χ2v) is 8.18. The van der Waals surface area contributed by atoms with Crippen molar-refractivity contribution in [3.8, 4) is 27.9 Å². The number of rotatable bonds is 7. The molecule has 4 aromatic rings. The average molecular weight is 480 g/mol. The normalized spacial score (nSPS) is 10.7. The largest absolute Gasteiger partial charge is 0.493 e. The number of nitrogens with zero attached hydrogens (tertiary/aromatic N) is 4.